The van der Waals surface area contributed by atoms with Gasteiger partial charge in [-0.1, -0.05) is 34.4 Å². The number of nitrogens with one attached hydrogen (secondary N) is 2. The average Bonchev–Trinajstić information content (AvgIpc) is 3.09. The molecule has 1 aliphatic heterocycles. The SMILES string of the molecule is [2H]C([2H])([2H])C(NC(=O)N[C@H](C(=O)N1C[C@H]2C([C@H]1C(=O)OC)C2(C)C)C(C([2H])([2H])[2H])(C([2H])([2H])[2H])C([2H])([2H])[2H])(C([2H])([2H])[2H])C([2H])([2H])[2H]. The number of urea groups is 1. The van der Waals surface area contributed by atoms with Gasteiger partial charge >= 0.3 is 12.0 Å². The van der Waals surface area contributed by atoms with Gasteiger partial charge in [0.1, 0.15) is 12.1 Å². The largest absolute Gasteiger partial charge is 0.467 e. The van der Waals surface area contributed by atoms with Gasteiger partial charge in [-0.05, 0) is 37.3 Å². The Morgan fingerprint density at radius 1 is 1.19 bits per heavy atom. The molecule has 0 aromatic carbocycles. The van der Waals surface area contributed by atoms with Crippen molar-refractivity contribution in [2.24, 2.45) is 22.7 Å². The summed E-state index contributed by atoms with van der Waals surface area (Å²) in [6.07, 6.45) is 0. The maximum atomic E-state index is 14.2. The van der Waals surface area contributed by atoms with Gasteiger partial charge in [-0.25, -0.2) is 9.59 Å². The number of methoxy groups -OCH3 is 1. The predicted molar refractivity (Wildman–Crippen MR) is 103 cm³/mol. The first kappa shape index (κ1) is 7.56. The van der Waals surface area contributed by atoms with E-state index in [-0.39, 0.29) is 6.54 Å². The standard InChI is InChI=1S/C20H35N3O4/c1-18(2,3)14(21-17(26)22-19(4,5)6)15(24)23-10-11-12(20(11,7)8)13(23)16(25)27-9/h11-14H,10H2,1-9H3,(H2,21,22,26)/t11-,12?,13-,14+/m0/s1/i1D3,2D3,3D3,4D3,5D3,6D3. The van der Waals surface area contributed by atoms with Crippen LogP contribution >= 0.6 is 0 Å². The molecule has 7 nitrogen and oxygen atoms in total. The average molecular weight is 400 g/mol. The molecule has 2 N–H and O–H groups in total. The van der Waals surface area contributed by atoms with Gasteiger partial charge in [0.2, 0.25) is 5.91 Å². The van der Waals surface area contributed by atoms with Gasteiger partial charge < -0.3 is 20.3 Å². The zero-order valence-electron chi connectivity index (χ0n) is 33.1. The number of rotatable bonds is 3. The van der Waals surface area contributed by atoms with Gasteiger partial charge in [-0.3, -0.25) is 4.79 Å². The number of piperidine rings is 1. The van der Waals surface area contributed by atoms with Crippen molar-refractivity contribution in [3.63, 3.8) is 0 Å². The van der Waals surface area contributed by atoms with Crippen molar-refractivity contribution in [3.05, 3.63) is 0 Å². The number of carbonyl (C=O) groups is 3. The first-order valence-corrected chi connectivity index (χ1v) is 8.08. The highest BCUT2D eigenvalue weighted by Crippen LogP contribution is 2.65. The van der Waals surface area contributed by atoms with Crippen LogP contribution in [0, 0.1) is 22.7 Å². The van der Waals surface area contributed by atoms with Crippen molar-refractivity contribution in [2.45, 2.75) is 72.6 Å². The first-order chi connectivity index (χ1) is 19.6. The molecule has 1 saturated heterocycles. The molecule has 1 heterocycles. The van der Waals surface area contributed by atoms with Crippen LogP contribution in [0.2, 0.25) is 0 Å². The lowest BCUT2D eigenvalue weighted by Crippen LogP contribution is -2.60. The summed E-state index contributed by atoms with van der Waals surface area (Å²) >= 11 is 0. The lowest BCUT2D eigenvalue weighted by molar-refractivity contribution is -0.154. The third-order valence-electron chi connectivity index (χ3n) is 5.19. The summed E-state index contributed by atoms with van der Waals surface area (Å²) in [5.74, 6) is -3.79. The Balaban J connectivity index is 2.89. The zero-order valence-corrected chi connectivity index (χ0v) is 15.1. The van der Waals surface area contributed by atoms with Gasteiger partial charge in [0.05, 0.1) is 7.11 Å². The van der Waals surface area contributed by atoms with Crippen molar-refractivity contribution in [1.82, 2.24) is 15.5 Å². The summed E-state index contributed by atoms with van der Waals surface area (Å²) < 4.78 is 147. The predicted octanol–water partition coefficient (Wildman–Crippen LogP) is 2.15. The lowest BCUT2D eigenvalue weighted by atomic mass is 9.85. The zero-order chi connectivity index (χ0) is 35.9. The van der Waals surface area contributed by atoms with E-state index in [9.17, 15) is 14.4 Å². The van der Waals surface area contributed by atoms with Gasteiger partial charge in [0.15, 0.2) is 0 Å². The molecule has 0 radical (unpaired) electrons. The molecular formula is C20H35N3O4. The van der Waals surface area contributed by atoms with Crippen LogP contribution in [0.15, 0.2) is 0 Å². The maximum Gasteiger partial charge on any atom is 0.328 e. The summed E-state index contributed by atoms with van der Waals surface area (Å²) in [6.45, 7) is -21.4. The third-order valence-corrected chi connectivity index (χ3v) is 5.19. The van der Waals surface area contributed by atoms with Crippen LogP contribution in [-0.4, -0.2) is 54.1 Å². The second kappa shape index (κ2) is 6.67. The first-order valence-electron chi connectivity index (χ1n) is 17.1. The maximum absolute atomic E-state index is 14.2. The molecule has 154 valence electrons. The van der Waals surface area contributed by atoms with Gasteiger partial charge in [0, 0.05) is 42.7 Å². The number of esters is 1. The lowest BCUT2D eigenvalue weighted by Gasteiger charge is -2.37. The van der Waals surface area contributed by atoms with Gasteiger partial charge in [-0.15, -0.1) is 0 Å². The minimum absolute atomic E-state index is 0.348. The molecule has 1 saturated carbocycles. The number of hydrogen-bond donors (Lipinski definition) is 2. The molecule has 2 rings (SSSR count). The minimum atomic E-state index is -4.17. The molecule has 0 aromatic heterocycles. The van der Waals surface area contributed by atoms with Crippen LogP contribution in [-0.2, 0) is 14.3 Å². The number of hydrogen-bond acceptors (Lipinski definition) is 4. The molecule has 4 atom stereocenters. The molecule has 1 aliphatic carbocycles. The molecule has 3 amide bonds. The molecular weight excluding hydrogens is 346 g/mol. The summed E-state index contributed by atoms with van der Waals surface area (Å²) in [5.41, 5.74) is -8.82. The normalized spacial score (nSPS) is 40.1. The minimum Gasteiger partial charge on any atom is -0.467 e. The van der Waals surface area contributed by atoms with Crippen LogP contribution in [0.1, 0.15) is 79.6 Å². The van der Waals surface area contributed by atoms with E-state index < -0.39 is 99.3 Å². The Morgan fingerprint density at radius 2 is 1.81 bits per heavy atom. The van der Waals surface area contributed by atoms with E-state index in [0.717, 1.165) is 7.11 Å². The Bertz CT molecular complexity index is 1110. The second-order valence-electron chi connectivity index (χ2n) is 7.50. The highest BCUT2D eigenvalue weighted by Gasteiger charge is 2.70. The van der Waals surface area contributed by atoms with Crippen molar-refractivity contribution in [3.8, 4) is 0 Å². The van der Waals surface area contributed by atoms with Gasteiger partial charge in [-0.2, -0.15) is 0 Å². The second-order valence-corrected chi connectivity index (χ2v) is 7.50. The molecule has 2 fully saturated rings. The highest BCUT2D eigenvalue weighted by atomic mass is 16.5. The van der Waals surface area contributed by atoms with E-state index in [1.807, 2.05) is 0 Å². The van der Waals surface area contributed by atoms with Crippen molar-refractivity contribution >= 4 is 17.9 Å². The molecule has 0 bridgehead atoms. The number of nitrogens with zero attached hydrogens (tertiary/aromatic N) is 1. The molecule has 0 aromatic rings. The van der Waals surface area contributed by atoms with Crippen molar-refractivity contribution < 1.29 is 43.8 Å². The molecule has 2 aliphatic rings. The fraction of sp³-hybridized carbons (Fsp3) is 0.850. The van der Waals surface area contributed by atoms with Crippen LogP contribution in [0.5, 0.6) is 0 Å². The topological polar surface area (TPSA) is 87.7 Å². The summed E-state index contributed by atoms with van der Waals surface area (Å²) in [4.78, 5) is 41.1. The quantitative estimate of drug-likeness (QED) is 0.712. The number of ether oxygens (including phenoxy) is 1. The molecule has 27 heavy (non-hydrogen) atoms. The Hall–Kier alpha value is -1.79. The van der Waals surface area contributed by atoms with E-state index in [1.165, 1.54) is 10.6 Å². The summed E-state index contributed by atoms with van der Waals surface area (Å²) in [7, 11) is 0.965. The van der Waals surface area contributed by atoms with E-state index in [4.69, 9.17) is 29.4 Å². The Morgan fingerprint density at radius 3 is 2.33 bits per heavy atom. The number of likely N-dealkylation sites (tertiary alicyclic amines) is 1. The molecule has 1 unspecified atom stereocenters. The number of fused-ring (bicyclic) bond motifs is 1. The Kier molecular flexibility index (Phi) is 1.87. The van der Waals surface area contributed by atoms with E-state index in [2.05, 4.69) is 0 Å². The summed E-state index contributed by atoms with van der Waals surface area (Å²) in [6, 6.07) is -6.86. The third kappa shape index (κ3) is 4.22. The highest BCUT2D eigenvalue weighted by molar-refractivity contribution is 5.92. The summed E-state index contributed by atoms with van der Waals surface area (Å²) in [5, 5.41) is 2.81. The molecule has 7 heteroatoms. The monoisotopic (exact) mass is 399 g/mol. The van der Waals surface area contributed by atoms with Crippen molar-refractivity contribution in [2.75, 3.05) is 13.7 Å². The van der Waals surface area contributed by atoms with E-state index in [1.54, 1.807) is 13.8 Å². The van der Waals surface area contributed by atoms with Crippen molar-refractivity contribution in [1.29, 1.82) is 0 Å². The Labute approximate surface area is 187 Å². The fourth-order valence-corrected chi connectivity index (χ4v) is 3.76. The van der Waals surface area contributed by atoms with Crippen LogP contribution in [0.4, 0.5) is 4.79 Å². The van der Waals surface area contributed by atoms with Crippen LogP contribution in [0.3, 0.4) is 0 Å². The smallest absolute Gasteiger partial charge is 0.328 e. The van der Waals surface area contributed by atoms with Crippen LogP contribution in [0.25, 0.3) is 0 Å². The van der Waals surface area contributed by atoms with Crippen LogP contribution < -0.4 is 10.6 Å². The van der Waals surface area contributed by atoms with E-state index >= 15 is 0 Å². The fourth-order valence-electron chi connectivity index (χ4n) is 3.76. The number of carbonyl (C=O) groups excluding carboxylic acids is 3. The van der Waals surface area contributed by atoms with Gasteiger partial charge in [0.25, 0.3) is 0 Å². The molecule has 0 spiro atoms. The van der Waals surface area contributed by atoms with E-state index in [0.29, 0.717) is 4.90 Å². The number of amides is 3.